The number of rotatable bonds is 18. The normalized spacial score (nSPS) is 15.7. The minimum Gasteiger partial charge on any atom is -0.458 e. The SMILES string of the molecule is COC(=O)N[C@H](C(=O)NC(Cc1ccccc1)C(CN(CC1CCCCC1)NC(=O)[C@@H](NC(=O)OC)C(C)C)OC(=O)Cc1cnc[nH]1)C(C)C. The molecule has 0 aliphatic heterocycles. The Labute approximate surface area is 300 Å². The largest absolute Gasteiger partial charge is 0.458 e. The topological polar surface area (TPSA) is 193 Å². The fourth-order valence-corrected chi connectivity index (χ4v) is 6.14. The third-order valence-corrected chi connectivity index (χ3v) is 8.94. The highest BCUT2D eigenvalue weighted by Gasteiger charge is 2.35. The molecule has 0 radical (unpaired) electrons. The summed E-state index contributed by atoms with van der Waals surface area (Å²) in [6, 6.07) is 6.77. The number of amides is 4. The van der Waals surface area contributed by atoms with E-state index in [4.69, 9.17) is 14.2 Å². The van der Waals surface area contributed by atoms with Gasteiger partial charge in [-0.2, -0.15) is 0 Å². The van der Waals surface area contributed by atoms with Gasteiger partial charge < -0.3 is 35.1 Å². The molecule has 1 fully saturated rings. The van der Waals surface area contributed by atoms with E-state index in [1.807, 2.05) is 44.2 Å². The number of benzene rings is 1. The first-order valence-electron chi connectivity index (χ1n) is 17.7. The number of nitrogens with zero attached hydrogens (tertiary/aromatic N) is 2. The van der Waals surface area contributed by atoms with Gasteiger partial charge in [0.2, 0.25) is 5.91 Å². The summed E-state index contributed by atoms with van der Waals surface area (Å²) < 4.78 is 15.7. The molecule has 1 aliphatic rings. The van der Waals surface area contributed by atoms with E-state index in [1.54, 1.807) is 18.9 Å². The van der Waals surface area contributed by atoms with Crippen molar-refractivity contribution in [2.75, 3.05) is 27.3 Å². The predicted octanol–water partition coefficient (Wildman–Crippen LogP) is 3.27. The highest BCUT2D eigenvalue weighted by Crippen LogP contribution is 2.25. The van der Waals surface area contributed by atoms with Gasteiger partial charge in [-0.25, -0.2) is 19.6 Å². The zero-order chi connectivity index (χ0) is 37.3. The summed E-state index contributed by atoms with van der Waals surface area (Å²) >= 11 is 0. The number of aromatic nitrogens is 2. The van der Waals surface area contributed by atoms with Gasteiger partial charge >= 0.3 is 18.2 Å². The van der Waals surface area contributed by atoms with Gasteiger partial charge in [-0.1, -0.05) is 77.3 Å². The Hall–Kier alpha value is -4.66. The number of hydrogen-bond acceptors (Lipinski definition) is 10. The Bertz CT molecular complexity index is 1380. The van der Waals surface area contributed by atoms with E-state index in [1.165, 1.54) is 26.7 Å². The first-order valence-corrected chi connectivity index (χ1v) is 17.7. The summed E-state index contributed by atoms with van der Waals surface area (Å²) in [5, 5.41) is 10.0. The summed E-state index contributed by atoms with van der Waals surface area (Å²) in [4.78, 5) is 72.4. The Balaban J connectivity index is 2.02. The molecule has 15 nitrogen and oxygen atoms in total. The molecule has 1 saturated carbocycles. The average molecular weight is 714 g/mol. The van der Waals surface area contributed by atoms with Gasteiger partial charge in [-0.15, -0.1) is 0 Å². The molecular formula is C36H55N7O8. The minimum atomic E-state index is -0.981. The predicted molar refractivity (Wildman–Crippen MR) is 189 cm³/mol. The van der Waals surface area contributed by atoms with Crippen molar-refractivity contribution >= 4 is 30.0 Å². The molecule has 4 amide bonds. The Morgan fingerprint density at radius 1 is 0.863 bits per heavy atom. The molecule has 1 heterocycles. The molecule has 2 aromatic rings. The van der Waals surface area contributed by atoms with Crippen LogP contribution in [0.25, 0.3) is 0 Å². The molecule has 51 heavy (non-hydrogen) atoms. The van der Waals surface area contributed by atoms with Crippen molar-refractivity contribution in [3.8, 4) is 0 Å². The average Bonchev–Trinajstić information content (AvgIpc) is 3.62. The first kappa shape index (κ1) is 40.8. The fraction of sp³-hybridized carbons (Fsp3) is 0.611. The molecule has 1 aromatic carbocycles. The highest BCUT2D eigenvalue weighted by atomic mass is 16.5. The summed E-state index contributed by atoms with van der Waals surface area (Å²) in [5.41, 5.74) is 4.41. The van der Waals surface area contributed by atoms with Crippen LogP contribution in [-0.4, -0.2) is 96.5 Å². The van der Waals surface area contributed by atoms with Crippen molar-refractivity contribution in [1.29, 1.82) is 0 Å². The monoisotopic (exact) mass is 713 g/mol. The maximum Gasteiger partial charge on any atom is 0.407 e. The van der Waals surface area contributed by atoms with Crippen LogP contribution in [-0.2, 0) is 41.4 Å². The van der Waals surface area contributed by atoms with E-state index in [0.29, 0.717) is 12.2 Å². The molecule has 2 unspecified atom stereocenters. The number of H-pyrrole nitrogens is 1. The van der Waals surface area contributed by atoms with Gasteiger partial charge in [0.1, 0.15) is 18.2 Å². The number of imidazole rings is 1. The van der Waals surface area contributed by atoms with Crippen LogP contribution in [0.3, 0.4) is 0 Å². The minimum absolute atomic E-state index is 0.00848. The van der Waals surface area contributed by atoms with Crippen LogP contribution in [0.15, 0.2) is 42.9 Å². The van der Waals surface area contributed by atoms with Gasteiger partial charge in [0.15, 0.2) is 0 Å². The number of aromatic amines is 1. The molecule has 0 spiro atoms. The maximum atomic E-state index is 13.9. The lowest BCUT2D eigenvalue weighted by Crippen LogP contribution is -2.60. The summed E-state index contributed by atoms with van der Waals surface area (Å²) in [7, 11) is 2.45. The maximum absolute atomic E-state index is 13.9. The molecule has 1 aromatic heterocycles. The number of esters is 1. The number of carbonyl (C=O) groups excluding carboxylic acids is 5. The van der Waals surface area contributed by atoms with Gasteiger partial charge in [0, 0.05) is 18.4 Å². The number of hydrazine groups is 1. The lowest BCUT2D eigenvalue weighted by molar-refractivity contribution is -0.153. The molecule has 0 bridgehead atoms. The van der Waals surface area contributed by atoms with E-state index in [2.05, 4.69) is 31.3 Å². The second-order valence-corrected chi connectivity index (χ2v) is 13.7. The van der Waals surface area contributed by atoms with Crippen LogP contribution in [0.4, 0.5) is 9.59 Å². The number of hydrogen-bond donors (Lipinski definition) is 5. The third-order valence-electron chi connectivity index (χ3n) is 8.94. The van der Waals surface area contributed by atoms with Crippen molar-refractivity contribution in [3.05, 3.63) is 54.1 Å². The lowest BCUT2D eigenvalue weighted by atomic mass is 9.89. The number of methoxy groups -OCH3 is 2. The second kappa shape index (κ2) is 20.9. The molecule has 15 heteroatoms. The molecule has 0 saturated heterocycles. The Morgan fingerprint density at radius 3 is 2.02 bits per heavy atom. The van der Waals surface area contributed by atoms with Crippen LogP contribution in [0.2, 0.25) is 0 Å². The standard InChI is InChI=1S/C36H55N7O8/c1-23(2)31(40-35(47)49-5)33(45)39-28(17-25-13-9-7-10-14-25)29(51-30(44)18-27-19-37-22-38-27)21-43(20-26-15-11-8-12-16-26)42-34(46)32(24(3)4)41-36(48)50-6/h7,9-10,13-14,19,22-24,26,28-29,31-32H,8,11-12,15-18,20-21H2,1-6H3,(H,37,38)(H,39,45)(H,40,47)(H,41,48)(H,42,46)/t28?,29?,31-,32-/m0/s1. The van der Waals surface area contributed by atoms with Crippen molar-refractivity contribution in [2.45, 2.75) is 96.9 Å². The van der Waals surface area contributed by atoms with Crippen molar-refractivity contribution in [2.24, 2.45) is 17.8 Å². The Morgan fingerprint density at radius 2 is 1.47 bits per heavy atom. The zero-order valence-electron chi connectivity index (χ0n) is 30.6. The lowest BCUT2D eigenvalue weighted by Gasteiger charge is -2.36. The smallest absolute Gasteiger partial charge is 0.407 e. The van der Waals surface area contributed by atoms with Gasteiger partial charge in [-0.3, -0.25) is 19.8 Å². The van der Waals surface area contributed by atoms with Gasteiger partial charge in [0.25, 0.3) is 5.91 Å². The quantitative estimate of drug-likeness (QED) is 0.0870. The Kier molecular flexibility index (Phi) is 16.7. The second-order valence-electron chi connectivity index (χ2n) is 13.7. The number of alkyl carbamates (subject to hydrolysis) is 2. The van der Waals surface area contributed by atoms with E-state index in [-0.39, 0.29) is 37.1 Å². The van der Waals surface area contributed by atoms with Crippen LogP contribution in [0.1, 0.15) is 71.1 Å². The van der Waals surface area contributed by atoms with Crippen LogP contribution >= 0.6 is 0 Å². The molecule has 1 aliphatic carbocycles. The fourth-order valence-electron chi connectivity index (χ4n) is 6.14. The molecule has 4 atom stereocenters. The number of ether oxygens (including phenoxy) is 3. The third kappa shape index (κ3) is 13.9. The van der Waals surface area contributed by atoms with Crippen molar-refractivity contribution < 1.29 is 38.2 Å². The molecule has 5 N–H and O–H groups in total. The number of carbonyl (C=O) groups is 5. The van der Waals surface area contributed by atoms with Crippen molar-refractivity contribution in [1.82, 2.24) is 36.4 Å². The molecular weight excluding hydrogens is 658 g/mol. The van der Waals surface area contributed by atoms with E-state index in [9.17, 15) is 24.0 Å². The van der Waals surface area contributed by atoms with Crippen LogP contribution in [0, 0.1) is 17.8 Å². The summed E-state index contributed by atoms with van der Waals surface area (Å²) in [5.74, 6) is -1.84. The molecule has 282 valence electrons. The van der Waals surface area contributed by atoms with Crippen LogP contribution < -0.4 is 21.4 Å². The van der Waals surface area contributed by atoms with E-state index >= 15 is 0 Å². The van der Waals surface area contributed by atoms with Gasteiger partial charge in [-0.05, 0) is 42.6 Å². The summed E-state index contributed by atoms with van der Waals surface area (Å²) in [6.45, 7) is 7.67. The molecule has 3 rings (SSSR count). The van der Waals surface area contributed by atoms with Gasteiger partial charge in [0.05, 0.1) is 39.6 Å². The first-order chi connectivity index (χ1) is 24.4. The van der Waals surface area contributed by atoms with E-state index < -0.39 is 54.2 Å². The zero-order valence-corrected chi connectivity index (χ0v) is 30.6. The number of nitrogens with one attached hydrogen (secondary N) is 5. The highest BCUT2D eigenvalue weighted by molar-refractivity contribution is 5.86. The van der Waals surface area contributed by atoms with E-state index in [0.717, 1.165) is 37.7 Å². The van der Waals surface area contributed by atoms with Crippen molar-refractivity contribution in [3.63, 3.8) is 0 Å². The van der Waals surface area contributed by atoms with Crippen LogP contribution in [0.5, 0.6) is 0 Å². The summed E-state index contributed by atoms with van der Waals surface area (Å²) in [6.07, 6.45) is 5.86.